The fourth-order valence-corrected chi connectivity index (χ4v) is 3.79. The van der Waals surface area contributed by atoms with E-state index in [0.29, 0.717) is 37.7 Å². The van der Waals surface area contributed by atoms with E-state index in [-0.39, 0.29) is 35.3 Å². The zero-order chi connectivity index (χ0) is 21.8. The summed E-state index contributed by atoms with van der Waals surface area (Å²) in [6.45, 7) is 1.83. The Morgan fingerprint density at radius 3 is 2.74 bits per heavy atom. The number of amides is 1. The smallest absolute Gasteiger partial charge is 0.407 e. The number of hydrogen-bond acceptors (Lipinski definition) is 8. The molecule has 1 fully saturated rings. The van der Waals surface area contributed by atoms with Crippen molar-refractivity contribution in [1.29, 1.82) is 0 Å². The van der Waals surface area contributed by atoms with Gasteiger partial charge in [0.05, 0.1) is 5.71 Å². The minimum absolute atomic E-state index is 0.0150. The van der Waals surface area contributed by atoms with E-state index in [0.717, 1.165) is 18.6 Å². The summed E-state index contributed by atoms with van der Waals surface area (Å²) in [7, 11) is 0. The Morgan fingerprint density at radius 1 is 1.29 bits per heavy atom. The zero-order valence-electron chi connectivity index (χ0n) is 17.2. The molecule has 0 spiro atoms. The van der Waals surface area contributed by atoms with Gasteiger partial charge in [-0.2, -0.15) is 4.98 Å². The molecule has 31 heavy (non-hydrogen) atoms. The van der Waals surface area contributed by atoms with Gasteiger partial charge in [0.2, 0.25) is 5.71 Å². The third-order valence-electron chi connectivity index (χ3n) is 5.44. The van der Waals surface area contributed by atoms with Crippen molar-refractivity contribution in [3.63, 3.8) is 0 Å². The van der Waals surface area contributed by atoms with Crippen LogP contribution in [0.2, 0.25) is 0 Å². The second-order valence-corrected chi connectivity index (χ2v) is 7.63. The van der Waals surface area contributed by atoms with Crippen molar-refractivity contribution < 1.29 is 18.8 Å². The fourth-order valence-electron chi connectivity index (χ4n) is 3.79. The van der Waals surface area contributed by atoms with Gasteiger partial charge in [-0.15, -0.1) is 0 Å². The van der Waals surface area contributed by atoms with Gasteiger partial charge in [-0.1, -0.05) is 24.2 Å². The zero-order valence-corrected chi connectivity index (χ0v) is 17.2. The van der Waals surface area contributed by atoms with Gasteiger partial charge in [-0.25, -0.2) is 9.59 Å². The van der Waals surface area contributed by atoms with Crippen LogP contribution >= 0.6 is 0 Å². The number of ether oxygens (including phenoxy) is 1. The number of hydrogen-bond donors (Lipinski definition) is 2. The number of alkyl carbamates (subject to hydrolysis) is 1. The minimum atomic E-state index is -0.576. The summed E-state index contributed by atoms with van der Waals surface area (Å²) in [5, 5.41) is 7.20. The molecular formula is C21H24N4O6. The highest BCUT2D eigenvalue weighted by molar-refractivity contribution is 5.85. The summed E-state index contributed by atoms with van der Waals surface area (Å²) in [6, 6.07) is 1.16. The van der Waals surface area contributed by atoms with Gasteiger partial charge in [0.1, 0.15) is 11.5 Å². The number of aryl methyl sites for hydroxylation is 1. The fraction of sp³-hybridized carbons (Fsp3) is 0.476. The van der Waals surface area contributed by atoms with Crippen molar-refractivity contribution in [2.75, 3.05) is 0 Å². The molecule has 10 heteroatoms. The molecule has 4 rings (SSSR count). The molecule has 1 amide bonds. The number of aromatic amines is 1. The van der Waals surface area contributed by atoms with Gasteiger partial charge in [0, 0.05) is 24.9 Å². The second kappa shape index (κ2) is 9.15. The van der Waals surface area contributed by atoms with Crippen molar-refractivity contribution >= 4 is 22.9 Å². The van der Waals surface area contributed by atoms with Crippen molar-refractivity contribution in [2.24, 2.45) is 5.16 Å². The molecule has 0 saturated heterocycles. The number of aromatic nitrogens is 2. The maximum atomic E-state index is 12.4. The number of nitrogens with one attached hydrogen (secondary N) is 2. The largest absolute Gasteiger partial charge is 0.446 e. The molecule has 0 unspecified atom stereocenters. The Bertz CT molecular complexity index is 1130. The Kier molecular flexibility index (Phi) is 6.15. The second-order valence-electron chi connectivity index (χ2n) is 7.63. The lowest BCUT2D eigenvalue weighted by Gasteiger charge is -2.24. The van der Waals surface area contributed by atoms with E-state index in [9.17, 15) is 14.4 Å². The summed E-state index contributed by atoms with van der Waals surface area (Å²) < 4.78 is 10.4. The molecule has 2 aliphatic carbocycles. The van der Waals surface area contributed by atoms with Crippen molar-refractivity contribution in [2.45, 2.75) is 64.0 Å². The first-order chi connectivity index (χ1) is 15.0. The maximum Gasteiger partial charge on any atom is 0.407 e. The van der Waals surface area contributed by atoms with Crippen molar-refractivity contribution in [1.82, 2.24) is 15.3 Å². The lowest BCUT2D eigenvalue weighted by molar-refractivity contribution is 0.0997. The molecule has 0 aromatic carbocycles. The van der Waals surface area contributed by atoms with E-state index >= 15 is 0 Å². The van der Waals surface area contributed by atoms with Crippen LogP contribution in [0.1, 0.15) is 51.0 Å². The van der Waals surface area contributed by atoms with Crippen molar-refractivity contribution in [3.8, 4) is 6.01 Å². The third-order valence-corrected chi connectivity index (χ3v) is 5.44. The average molecular weight is 428 g/mol. The Labute approximate surface area is 177 Å². The van der Waals surface area contributed by atoms with Gasteiger partial charge in [-0.3, -0.25) is 9.78 Å². The summed E-state index contributed by atoms with van der Waals surface area (Å²) in [5.74, 6) is 0. The predicted molar refractivity (Wildman–Crippen MR) is 112 cm³/mol. The number of carbonyl (C=O) groups excluding carboxylic acids is 1. The summed E-state index contributed by atoms with van der Waals surface area (Å²) in [5.41, 5.74) is 0.245. The van der Waals surface area contributed by atoms with E-state index < -0.39 is 11.2 Å². The van der Waals surface area contributed by atoms with Gasteiger partial charge < -0.3 is 19.3 Å². The molecule has 0 atom stereocenters. The minimum Gasteiger partial charge on any atom is -0.446 e. The molecule has 2 heterocycles. The first-order valence-electron chi connectivity index (χ1n) is 10.4. The quantitative estimate of drug-likeness (QED) is 0.552. The number of H-pyrrole nitrogens is 1. The SMILES string of the molecule is CCc1cc(=O)oc2nc(ON=C3CCC(NC(=O)OC4CC=CC4)CC3)[nH]c(=O)c12. The number of nitrogens with zero attached hydrogens (tertiary/aromatic N) is 2. The van der Waals surface area contributed by atoms with Crippen LogP contribution in [0.5, 0.6) is 6.01 Å². The number of oxime groups is 1. The molecule has 0 radical (unpaired) electrons. The van der Waals surface area contributed by atoms with E-state index in [1.54, 1.807) is 0 Å². The first-order valence-corrected chi connectivity index (χ1v) is 10.4. The summed E-state index contributed by atoms with van der Waals surface area (Å²) in [6.07, 6.45) is 8.25. The van der Waals surface area contributed by atoms with E-state index in [4.69, 9.17) is 14.0 Å². The van der Waals surface area contributed by atoms with Crippen molar-refractivity contribution in [3.05, 3.63) is 44.6 Å². The van der Waals surface area contributed by atoms with Crippen LogP contribution in [-0.4, -0.2) is 33.9 Å². The monoisotopic (exact) mass is 428 g/mol. The average Bonchev–Trinajstić information content (AvgIpc) is 3.25. The molecule has 2 N–H and O–H groups in total. The normalized spacial score (nSPS) is 18.9. The maximum absolute atomic E-state index is 12.4. The Morgan fingerprint density at radius 2 is 2.03 bits per heavy atom. The van der Waals surface area contributed by atoms with Crippen LogP contribution in [0.25, 0.3) is 11.1 Å². The van der Waals surface area contributed by atoms with Crippen LogP contribution in [0.4, 0.5) is 4.79 Å². The lowest BCUT2D eigenvalue weighted by Crippen LogP contribution is -2.39. The molecule has 164 valence electrons. The van der Waals surface area contributed by atoms with Gasteiger partial charge in [0.15, 0.2) is 0 Å². The molecule has 2 aromatic heterocycles. The Hall–Kier alpha value is -3.43. The summed E-state index contributed by atoms with van der Waals surface area (Å²) >= 11 is 0. The third kappa shape index (κ3) is 5.01. The van der Waals surface area contributed by atoms with E-state index in [1.807, 2.05) is 19.1 Å². The first kappa shape index (κ1) is 20.8. The standard InChI is InChI=1S/C21H24N4O6/c1-2-12-11-16(26)30-19-17(12)18(27)23-20(24-19)31-25-14-9-7-13(8-10-14)22-21(28)29-15-5-3-4-6-15/h3-4,11,13,15H,2,5-10H2,1H3,(H,22,28)(H,23,24,27). The molecule has 2 aromatic rings. The predicted octanol–water partition coefficient (Wildman–Crippen LogP) is 2.56. The van der Waals surface area contributed by atoms with Crippen LogP contribution in [0.15, 0.2) is 37.4 Å². The number of fused-ring (bicyclic) bond motifs is 1. The van der Waals surface area contributed by atoms with Crippen LogP contribution in [0, 0.1) is 0 Å². The van der Waals surface area contributed by atoms with Gasteiger partial charge in [0.25, 0.3) is 5.56 Å². The highest BCUT2D eigenvalue weighted by atomic mass is 16.6. The van der Waals surface area contributed by atoms with Crippen LogP contribution in [-0.2, 0) is 11.2 Å². The lowest BCUT2D eigenvalue weighted by atomic mass is 9.94. The van der Waals surface area contributed by atoms with E-state index in [1.165, 1.54) is 6.07 Å². The molecular weight excluding hydrogens is 404 g/mol. The van der Waals surface area contributed by atoms with Gasteiger partial charge >= 0.3 is 17.7 Å². The highest BCUT2D eigenvalue weighted by Gasteiger charge is 2.22. The highest BCUT2D eigenvalue weighted by Crippen LogP contribution is 2.19. The van der Waals surface area contributed by atoms with Crippen LogP contribution < -0.4 is 21.3 Å². The topological polar surface area (TPSA) is 136 Å². The Balaban J connectivity index is 1.34. The number of carbonyl (C=O) groups is 1. The number of rotatable bonds is 5. The molecule has 10 nitrogen and oxygen atoms in total. The van der Waals surface area contributed by atoms with Crippen LogP contribution in [0.3, 0.4) is 0 Å². The van der Waals surface area contributed by atoms with Gasteiger partial charge in [-0.05, 0) is 37.7 Å². The summed E-state index contributed by atoms with van der Waals surface area (Å²) in [4.78, 5) is 47.9. The molecule has 0 bridgehead atoms. The molecule has 2 aliphatic rings. The molecule has 1 saturated carbocycles. The van der Waals surface area contributed by atoms with E-state index in [2.05, 4.69) is 20.4 Å². The molecule has 0 aliphatic heterocycles.